The van der Waals surface area contributed by atoms with Crippen LogP contribution in [0.15, 0.2) is 53.7 Å². The Hall–Kier alpha value is -2.33. The molecule has 1 aliphatic rings. The van der Waals surface area contributed by atoms with Crippen LogP contribution in [0.1, 0.15) is 11.1 Å². The second-order valence-electron chi connectivity index (χ2n) is 7.33. The monoisotopic (exact) mass is 537 g/mol. The largest absolute Gasteiger partial charge is 0.378 e. The molecule has 0 saturated carbocycles. The minimum absolute atomic E-state index is 0. The number of aliphatic imine (C=N–C) groups is 1. The molecule has 1 fully saturated rings. The molecule has 0 bridgehead atoms. The van der Waals surface area contributed by atoms with Crippen LogP contribution in [0.4, 0.5) is 10.1 Å². The molecule has 6 nitrogen and oxygen atoms in total. The van der Waals surface area contributed by atoms with Gasteiger partial charge < -0.3 is 25.3 Å². The zero-order chi connectivity index (χ0) is 20.8. The van der Waals surface area contributed by atoms with Crippen molar-refractivity contribution in [1.29, 1.82) is 0 Å². The Morgan fingerprint density at radius 2 is 1.94 bits per heavy atom. The summed E-state index contributed by atoms with van der Waals surface area (Å²) in [5.74, 6) is 0.533. The van der Waals surface area contributed by atoms with Crippen molar-refractivity contribution in [3.05, 3.63) is 65.6 Å². The smallest absolute Gasteiger partial charge is 0.191 e. The maximum absolute atomic E-state index is 13.6. The summed E-state index contributed by atoms with van der Waals surface area (Å²) in [6, 6.07) is 13.3. The van der Waals surface area contributed by atoms with Crippen molar-refractivity contribution >= 4 is 46.5 Å². The molecular formula is C23H29FIN5O. The summed E-state index contributed by atoms with van der Waals surface area (Å²) in [5, 5.41) is 7.69. The minimum Gasteiger partial charge on any atom is -0.378 e. The topological polar surface area (TPSA) is 64.7 Å². The predicted molar refractivity (Wildman–Crippen MR) is 135 cm³/mol. The molecule has 1 saturated heterocycles. The Balaban J connectivity index is 0.00000272. The molecule has 0 aliphatic carbocycles. The lowest BCUT2D eigenvalue weighted by molar-refractivity contribution is 0.122. The number of para-hydroxylation sites is 1. The van der Waals surface area contributed by atoms with Crippen molar-refractivity contribution in [3.8, 4) is 0 Å². The molecular weight excluding hydrogens is 508 g/mol. The van der Waals surface area contributed by atoms with Gasteiger partial charge in [0.2, 0.25) is 0 Å². The zero-order valence-corrected chi connectivity index (χ0v) is 20.0. The molecule has 1 aliphatic heterocycles. The fourth-order valence-corrected chi connectivity index (χ4v) is 3.85. The lowest BCUT2D eigenvalue weighted by Crippen LogP contribution is -2.39. The molecule has 4 rings (SSSR count). The summed E-state index contributed by atoms with van der Waals surface area (Å²) in [7, 11) is 1.77. The lowest BCUT2D eigenvalue weighted by atomic mass is 10.1. The van der Waals surface area contributed by atoms with E-state index in [-0.39, 0.29) is 29.8 Å². The third-order valence-corrected chi connectivity index (χ3v) is 5.43. The van der Waals surface area contributed by atoms with E-state index < -0.39 is 0 Å². The molecule has 0 spiro atoms. The normalized spacial score (nSPS) is 14.4. The highest BCUT2D eigenvalue weighted by molar-refractivity contribution is 14.0. The van der Waals surface area contributed by atoms with Crippen LogP contribution >= 0.6 is 24.0 Å². The zero-order valence-electron chi connectivity index (χ0n) is 17.7. The third-order valence-electron chi connectivity index (χ3n) is 5.43. The fraction of sp³-hybridized carbons (Fsp3) is 0.348. The number of ether oxygens (including phenoxy) is 1. The van der Waals surface area contributed by atoms with E-state index >= 15 is 0 Å². The second-order valence-corrected chi connectivity index (χ2v) is 7.33. The molecule has 0 radical (unpaired) electrons. The lowest BCUT2D eigenvalue weighted by Gasteiger charge is -2.30. The Kier molecular flexibility index (Phi) is 8.53. The Morgan fingerprint density at radius 1 is 1.13 bits per heavy atom. The van der Waals surface area contributed by atoms with Crippen LogP contribution in [0.3, 0.4) is 0 Å². The number of fused-ring (bicyclic) bond motifs is 1. The van der Waals surface area contributed by atoms with Gasteiger partial charge in [0.05, 0.1) is 13.2 Å². The van der Waals surface area contributed by atoms with Gasteiger partial charge in [-0.15, -0.1) is 24.0 Å². The molecule has 2 heterocycles. The molecule has 0 amide bonds. The van der Waals surface area contributed by atoms with Gasteiger partial charge in [-0.05, 0) is 41.8 Å². The average Bonchev–Trinajstić information content (AvgIpc) is 3.19. The molecule has 3 N–H and O–H groups in total. The highest BCUT2D eigenvalue weighted by Crippen LogP contribution is 2.21. The summed E-state index contributed by atoms with van der Waals surface area (Å²) in [6.45, 7) is 4.75. The molecule has 0 unspecified atom stereocenters. The van der Waals surface area contributed by atoms with Gasteiger partial charge in [0.25, 0.3) is 0 Å². The van der Waals surface area contributed by atoms with E-state index in [0.29, 0.717) is 13.1 Å². The first kappa shape index (κ1) is 23.3. The van der Waals surface area contributed by atoms with Gasteiger partial charge in [0.1, 0.15) is 5.82 Å². The number of nitrogens with one attached hydrogen (secondary N) is 3. The summed E-state index contributed by atoms with van der Waals surface area (Å²) >= 11 is 0. The van der Waals surface area contributed by atoms with Crippen LogP contribution in [-0.2, 0) is 17.7 Å². The number of aromatic amines is 1. The quantitative estimate of drug-likeness (QED) is 0.255. The van der Waals surface area contributed by atoms with Crippen LogP contribution in [0, 0.1) is 5.82 Å². The number of benzene rings is 2. The number of rotatable bonds is 6. The molecule has 2 aromatic carbocycles. The number of morpholine rings is 1. The highest BCUT2D eigenvalue weighted by atomic mass is 127. The predicted octanol–water partition coefficient (Wildman–Crippen LogP) is 3.67. The number of guanidine groups is 1. The maximum Gasteiger partial charge on any atom is 0.191 e. The number of anilines is 1. The van der Waals surface area contributed by atoms with E-state index in [0.717, 1.165) is 55.2 Å². The van der Waals surface area contributed by atoms with Crippen molar-refractivity contribution in [3.63, 3.8) is 0 Å². The number of hydrogen-bond acceptors (Lipinski definition) is 3. The molecule has 1 aromatic heterocycles. The summed E-state index contributed by atoms with van der Waals surface area (Å²) in [5.41, 5.74) is 4.51. The molecule has 166 valence electrons. The highest BCUT2D eigenvalue weighted by Gasteiger charge is 2.14. The van der Waals surface area contributed by atoms with Gasteiger partial charge in [-0.3, -0.25) is 4.99 Å². The fourth-order valence-electron chi connectivity index (χ4n) is 3.85. The van der Waals surface area contributed by atoms with Crippen molar-refractivity contribution in [2.45, 2.75) is 13.0 Å². The van der Waals surface area contributed by atoms with Gasteiger partial charge in [0, 0.05) is 56.0 Å². The van der Waals surface area contributed by atoms with E-state index in [2.05, 4.69) is 49.8 Å². The van der Waals surface area contributed by atoms with Gasteiger partial charge >= 0.3 is 0 Å². The first-order valence-corrected chi connectivity index (χ1v) is 10.4. The van der Waals surface area contributed by atoms with Crippen LogP contribution < -0.4 is 15.5 Å². The van der Waals surface area contributed by atoms with Gasteiger partial charge in [-0.2, -0.15) is 0 Å². The standard InChI is InChI=1S/C23H28FN5O.HI/c1-25-23(26-9-8-17-15-27-21-7-6-19(24)14-20(17)21)28-16-18-4-2-3-5-22(18)29-10-12-30-13-11-29;/h2-7,14-15,27H,8-13,16H2,1H3,(H2,25,26,28);1H. The van der Waals surface area contributed by atoms with E-state index in [1.54, 1.807) is 19.2 Å². The molecule has 3 aromatic rings. The third kappa shape index (κ3) is 5.88. The number of H-pyrrole nitrogens is 1. The first-order valence-electron chi connectivity index (χ1n) is 10.4. The van der Waals surface area contributed by atoms with Crippen molar-refractivity contribution in [2.75, 3.05) is 44.8 Å². The molecule has 0 atom stereocenters. The summed E-state index contributed by atoms with van der Waals surface area (Å²) in [4.78, 5) is 9.90. The van der Waals surface area contributed by atoms with Crippen molar-refractivity contribution < 1.29 is 9.13 Å². The minimum atomic E-state index is -0.215. The Morgan fingerprint density at radius 3 is 2.74 bits per heavy atom. The van der Waals surface area contributed by atoms with Crippen LogP contribution in [0.2, 0.25) is 0 Å². The molecule has 8 heteroatoms. The van der Waals surface area contributed by atoms with Crippen LogP contribution in [0.5, 0.6) is 0 Å². The van der Waals surface area contributed by atoms with E-state index in [4.69, 9.17) is 4.74 Å². The van der Waals surface area contributed by atoms with E-state index in [9.17, 15) is 4.39 Å². The Labute approximate surface area is 199 Å². The van der Waals surface area contributed by atoms with E-state index in [1.165, 1.54) is 17.3 Å². The van der Waals surface area contributed by atoms with Gasteiger partial charge in [0.15, 0.2) is 5.96 Å². The molecule has 31 heavy (non-hydrogen) atoms. The first-order chi connectivity index (χ1) is 14.7. The van der Waals surface area contributed by atoms with E-state index in [1.807, 2.05) is 6.20 Å². The average molecular weight is 537 g/mol. The summed E-state index contributed by atoms with van der Waals surface area (Å²) in [6.07, 6.45) is 2.72. The summed E-state index contributed by atoms with van der Waals surface area (Å²) < 4.78 is 19.0. The number of hydrogen-bond donors (Lipinski definition) is 3. The van der Waals surface area contributed by atoms with Crippen molar-refractivity contribution in [2.24, 2.45) is 4.99 Å². The van der Waals surface area contributed by atoms with Crippen molar-refractivity contribution in [1.82, 2.24) is 15.6 Å². The maximum atomic E-state index is 13.6. The van der Waals surface area contributed by atoms with Gasteiger partial charge in [-0.1, -0.05) is 18.2 Å². The second kappa shape index (κ2) is 11.3. The van der Waals surface area contributed by atoms with Crippen LogP contribution in [0.25, 0.3) is 10.9 Å². The SMILES string of the molecule is CN=C(NCCc1c[nH]c2ccc(F)cc12)NCc1ccccc1N1CCOCC1.I. The van der Waals surface area contributed by atoms with Gasteiger partial charge in [-0.25, -0.2) is 4.39 Å². The number of aromatic nitrogens is 1. The van der Waals surface area contributed by atoms with Crippen LogP contribution in [-0.4, -0.2) is 50.8 Å². The number of halogens is 2. The number of nitrogens with zero attached hydrogens (tertiary/aromatic N) is 2. The Bertz CT molecular complexity index is 1020.